The Balaban J connectivity index is 1.80. The number of aromatic amines is 1. The lowest BCUT2D eigenvalue weighted by molar-refractivity contribution is -0.131. The predicted molar refractivity (Wildman–Crippen MR) is 75.5 cm³/mol. The summed E-state index contributed by atoms with van der Waals surface area (Å²) in [5.41, 5.74) is 2.00. The van der Waals surface area contributed by atoms with E-state index < -0.39 is 5.76 Å². The van der Waals surface area contributed by atoms with E-state index in [-0.39, 0.29) is 12.5 Å². The molecule has 2 heterocycles. The number of rotatable bonds is 4. The zero-order valence-corrected chi connectivity index (χ0v) is 11.4. The molecule has 0 aliphatic carbocycles. The molecule has 3 aromatic rings. The van der Waals surface area contributed by atoms with Gasteiger partial charge in [0, 0.05) is 25.4 Å². The lowest BCUT2D eigenvalue weighted by atomic mass is 10.3. The van der Waals surface area contributed by atoms with Gasteiger partial charge in [-0.3, -0.25) is 14.5 Å². The molecule has 0 spiro atoms. The van der Waals surface area contributed by atoms with Gasteiger partial charge in [-0.15, -0.1) is 0 Å². The molecule has 1 aromatic carbocycles. The summed E-state index contributed by atoms with van der Waals surface area (Å²) in [7, 11) is 1.68. The summed E-state index contributed by atoms with van der Waals surface area (Å²) < 4.78 is 6.44. The minimum atomic E-state index is -0.527. The SMILES string of the molecule is CN(Cc1cn[nH]c1)C(=O)Cn1c(=O)oc2ccccc21. The summed E-state index contributed by atoms with van der Waals surface area (Å²) in [6, 6.07) is 7.03. The second kappa shape index (κ2) is 5.28. The maximum absolute atomic E-state index is 12.2. The molecule has 0 unspecified atom stereocenters. The van der Waals surface area contributed by atoms with Crippen LogP contribution in [0.4, 0.5) is 0 Å². The first-order chi connectivity index (χ1) is 10.1. The number of nitrogens with one attached hydrogen (secondary N) is 1. The van der Waals surface area contributed by atoms with Crippen molar-refractivity contribution in [2.24, 2.45) is 0 Å². The van der Waals surface area contributed by atoms with Crippen LogP contribution in [-0.2, 0) is 17.9 Å². The number of benzene rings is 1. The molecule has 1 N–H and O–H groups in total. The minimum absolute atomic E-state index is 0.0514. The number of oxazole rings is 1. The lowest BCUT2D eigenvalue weighted by Gasteiger charge is -2.16. The van der Waals surface area contributed by atoms with Crippen LogP contribution < -0.4 is 5.76 Å². The van der Waals surface area contributed by atoms with Crippen LogP contribution in [0.2, 0.25) is 0 Å². The number of hydrogen-bond acceptors (Lipinski definition) is 4. The molecule has 21 heavy (non-hydrogen) atoms. The van der Waals surface area contributed by atoms with Crippen molar-refractivity contribution in [3.8, 4) is 0 Å². The molecule has 0 fully saturated rings. The first-order valence-electron chi connectivity index (χ1n) is 6.45. The maximum Gasteiger partial charge on any atom is 0.420 e. The standard InChI is InChI=1S/C14H14N4O3/c1-17(8-10-6-15-16-7-10)13(19)9-18-11-4-2-3-5-12(11)21-14(18)20/h2-7H,8-9H2,1H3,(H,15,16). The van der Waals surface area contributed by atoms with Crippen molar-refractivity contribution in [3.05, 3.63) is 52.8 Å². The van der Waals surface area contributed by atoms with Crippen LogP contribution in [-0.4, -0.2) is 32.6 Å². The Labute approximate surface area is 119 Å². The van der Waals surface area contributed by atoms with Crippen molar-refractivity contribution in [1.29, 1.82) is 0 Å². The van der Waals surface area contributed by atoms with Crippen LogP contribution in [0.5, 0.6) is 0 Å². The highest BCUT2D eigenvalue weighted by atomic mass is 16.4. The molecule has 1 amide bonds. The van der Waals surface area contributed by atoms with E-state index >= 15 is 0 Å². The summed E-state index contributed by atoms with van der Waals surface area (Å²) in [5.74, 6) is -0.703. The molecule has 0 bridgehead atoms. The average molecular weight is 286 g/mol. The van der Waals surface area contributed by atoms with Gasteiger partial charge in [0.05, 0.1) is 11.7 Å². The third-order valence-corrected chi connectivity index (χ3v) is 3.27. The molecular weight excluding hydrogens is 272 g/mol. The van der Waals surface area contributed by atoms with Crippen LogP contribution in [0.25, 0.3) is 11.1 Å². The van der Waals surface area contributed by atoms with Crippen LogP contribution in [0.1, 0.15) is 5.56 Å². The van der Waals surface area contributed by atoms with Gasteiger partial charge in [-0.1, -0.05) is 12.1 Å². The Morgan fingerprint density at radius 2 is 2.24 bits per heavy atom. The van der Waals surface area contributed by atoms with E-state index in [4.69, 9.17) is 4.42 Å². The van der Waals surface area contributed by atoms with E-state index in [0.717, 1.165) is 5.56 Å². The Hall–Kier alpha value is -2.83. The number of aromatic nitrogens is 3. The quantitative estimate of drug-likeness (QED) is 0.774. The Morgan fingerprint density at radius 1 is 1.43 bits per heavy atom. The molecule has 2 aromatic heterocycles. The van der Waals surface area contributed by atoms with Crippen molar-refractivity contribution >= 4 is 17.0 Å². The summed E-state index contributed by atoms with van der Waals surface area (Å²) >= 11 is 0. The van der Waals surface area contributed by atoms with Crippen molar-refractivity contribution < 1.29 is 9.21 Å². The summed E-state index contributed by atoms with van der Waals surface area (Å²) in [5, 5.41) is 6.53. The second-order valence-corrected chi connectivity index (χ2v) is 4.78. The van der Waals surface area contributed by atoms with Crippen LogP contribution in [0, 0.1) is 0 Å². The lowest BCUT2D eigenvalue weighted by Crippen LogP contribution is -2.32. The van der Waals surface area contributed by atoms with Crippen LogP contribution in [0.15, 0.2) is 45.9 Å². The van der Waals surface area contributed by atoms with E-state index in [1.165, 1.54) is 4.57 Å². The largest absolute Gasteiger partial charge is 0.420 e. The summed E-state index contributed by atoms with van der Waals surface area (Å²) in [4.78, 5) is 25.6. The molecule has 0 atom stereocenters. The van der Waals surface area contributed by atoms with Gasteiger partial charge in [0.25, 0.3) is 0 Å². The molecule has 7 nitrogen and oxygen atoms in total. The first kappa shape index (κ1) is 13.2. The van der Waals surface area contributed by atoms with Gasteiger partial charge >= 0.3 is 5.76 Å². The zero-order chi connectivity index (χ0) is 14.8. The number of carbonyl (C=O) groups excluding carboxylic acids is 1. The highest BCUT2D eigenvalue weighted by Crippen LogP contribution is 2.12. The number of likely N-dealkylation sites (N-methyl/N-ethyl adjacent to an activating group) is 1. The van der Waals surface area contributed by atoms with Gasteiger partial charge in [-0.25, -0.2) is 4.79 Å². The van der Waals surface area contributed by atoms with Crippen molar-refractivity contribution in [1.82, 2.24) is 19.7 Å². The number of para-hydroxylation sites is 2. The second-order valence-electron chi connectivity index (χ2n) is 4.78. The molecule has 0 saturated carbocycles. The molecule has 7 heteroatoms. The normalized spacial score (nSPS) is 10.9. The van der Waals surface area contributed by atoms with Crippen molar-refractivity contribution in [2.75, 3.05) is 7.05 Å². The van der Waals surface area contributed by atoms with Crippen LogP contribution in [0.3, 0.4) is 0 Å². The van der Waals surface area contributed by atoms with E-state index in [0.29, 0.717) is 17.6 Å². The highest BCUT2D eigenvalue weighted by molar-refractivity contribution is 5.79. The van der Waals surface area contributed by atoms with Crippen molar-refractivity contribution in [3.63, 3.8) is 0 Å². The van der Waals surface area contributed by atoms with Gasteiger partial charge < -0.3 is 9.32 Å². The monoisotopic (exact) mass is 286 g/mol. The number of amides is 1. The Kier molecular flexibility index (Phi) is 3.31. The molecule has 108 valence electrons. The molecule has 0 aliphatic rings. The zero-order valence-electron chi connectivity index (χ0n) is 11.4. The van der Waals surface area contributed by atoms with Gasteiger partial charge in [0.2, 0.25) is 5.91 Å². The van der Waals surface area contributed by atoms with Gasteiger partial charge in [0.1, 0.15) is 6.54 Å². The van der Waals surface area contributed by atoms with Crippen LogP contribution >= 0.6 is 0 Å². The van der Waals surface area contributed by atoms with Gasteiger partial charge in [-0.05, 0) is 12.1 Å². The number of nitrogens with zero attached hydrogens (tertiary/aromatic N) is 3. The third kappa shape index (κ3) is 2.58. The fourth-order valence-electron chi connectivity index (χ4n) is 2.15. The minimum Gasteiger partial charge on any atom is -0.408 e. The van der Waals surface area contributed by atoms with E-state index in [2.05, 4.69) is 10.2 Å². The van der Waals surface area contributed by atoms with Gasteiger partial charge in [0.15, 0.2) is 5.58 Å². The van der Waals surface area contributed by atoms with E-state index in [1.54, 1.807) is 48.6 Å². The number of H-pyrrole nitrogens is 1. The fourth-order valence-corrected chi connectivity index (χ4v) is 2.15. The summed E-state index contributed by atoms with van der Waals surface area (Å²) in [6.45, 7) is 0.379. The highest BCUT2D eigenvalue weighted by Gasteiger charge is 2.15. The fraction of sp³-hybridized carbons (Fsp3) is 0.214. The van der Waals surface area contributed by atoms with E-state index in [1.807, 2.05) is 0 Å². The summed E-state index contributed by atoms with van der Waals surface area (Å²) in [6.07, 6.45) is 3.38. The molecule has 3 rings (SSSR count). The third-order valence-electron chi connectivity index (χ3n) is 3.27. The Bertz CT molecular complexity index is 816. The van der Waals surface area contributed by atoms with E-state index in [9.17, 15) is 9.59 Å². The number of carbonyl (C=O) groups is 1. The molecule has 0 aliphatic heterocycles. The molecule has 0 radical (unpaired) electrons. The maximum atomic E-state index is 12.2. The number of fused-ring (bicyclic) bond motifs is 1. The van der Waals surface area contributed by atoms with Gasteiger partial charge in [-0.2, -0.15) is 5.10 Å². The molecular formula is C14H14N4O3. The molecule has 0 saturated heterocycles. The average Bonchev–Trinajstić information content (AvgIpc) is 3.07. The predicted octanol–water partition coefficient (Wildman–Crippen LogP) is 0.976. The topological polar surface area (TPSA) is 84.1 Å². The first-order valence-corrected chi connectivity index (χ1v) is 6.45. The smallest absolute Gasteiger partial charge is 0.408 e. The number of hydrogen-bond donors (Lipinski definition) is 1. The van der Waals surface area contributed by atoms with Crippen molar-refractivity contribution in [2.45, 2.75) is 13.1 Å². The Morgan fingerprint density at radius 3 is 3.00 bits per heavy atom.